The van der Waals surface area contributed by atoms with Gasteiger partial charge in [-0.05, 0) is 62.1 Å². The molecule has 0 aliphatic carbocycles. The van der Waals surface area contributed by atoms with Gasteiger partial charge in [0.1, 0.15) is 18.3 Å². The zero-order chi connectivity index (χ0) is 42.0. The maximum Gasteiger partial charge on any atom is 0.339 e. The molecule has 0 bridgehead atoms. The molecular weight excluding hydrogens is 744 g/mol. The van der Waals surface area contributed by atoms with Gasteiger partial charge in [0.05, 0.1) is 73.0 Å². The number of hydrogen-bond acceptors (Lipinski definition) is 12. The van der Waals surface area contributed by atoms with E-state index in [4.69, 9.17) is 28.4 Å². The van der Waals surface area contributed by atoms with Crippen molar-refractivity contribution in [1.29, 1.82) is 0 Å². The van der Waals surface area contributed by atoms with E-state index >= 15 is 0 Å². The predicted molar refractivity (Wildman–Crippen MR) is 204 cm³/mol. The monoisotopic (exact) mass is 794 g/mol. The first-order valence-electron chi connectivity index (χ1n) is 18.6. The summed E-state index contributed by atoms with van der Waals surface area (Å²) < 4.78 is 35.2. The molecule has 3 N–H and O–H groups in total. The van der Waals surface area contributed by atoms with Crippen LogP contribution in [-0.4, -0.2) is 109 Å². The molecule has 0 heterocycles. The highest BCUT2D eigenvalue weighted by Gasteiger charge is 2.32. The minimum Gasteiger partial charge on any atom is -0.478 e. The van der Waals surface area contributed by atoms with Crippen molar-refractivity contribution in [2.75, 3.05) is 39.6 Å². The Morgan fingerprint density at radius 3 is 0.912 bits per heavy atom. The fourth-order valence-corrected chi connectivity index (χ4v) is 5.54. The Hall–Kier alpha value is -5.64. The fourth-order valence-electron chi connectivity index (χ4n) is 5.54. The fraction of sp³-hybridized carbons (Fsp3) is 0.429. The number of carboxylic acid groups (broad SMARTS) is 3. The van der Waals surface area contributed by atoms with E-state index in [1.165, 1.54) is 72.8 Å². The van der Waals surface area contributed by atoms with Crippen molar-refractivity contribution in [2.24, 2.45) is 5.41 Å². The van der Waals surface area contributed by atoms with Gasteiger partial charge in [0.25, 0.3) is 0 Å². The van der Waals surface area contributed by atoms with Crippen LogP contribution in [0.1, 0.15) is 116 Å². The molecule has 15 heteroatoms. The van der Waals surface area contributed by atoms with Crippen LogP contribution < -0.4 is 0 Å². The number of esters is 3. The van der Waals surface area contributed by atoms with Crippen molar-refractivity contribution in [1.82, 2.24) is 0 Å². The van der Waals surface area contributed by atoms with Crippen LogP contribution in [0.15, 0.2) is 72.8 Å². The molecule has 3 unspecified atom stereocenters. The molecule has 3 atom stereocenters. The van der Waals surface area contributed by atoms with E-state index in [0.29, 0.717) is 25.7 Å². The first-order chi connectivity index (χ1) is 27.3. The first kappa shape index (κ1) is 45.7. The lowest BCUT2D eigenvalue weighted by Gasteiger charge is -2.33. The van der Waals surface area contributed by atoms with Crippen LogP contribution in [0.2, 0.25) is 0 Å². The normalized spacial score (nSPS) is 13.7. The minimum absolute atomic E-state index is 0.0361. The van der Waals surface area contributed by atoms with E-state index in [-0.39, 0.29) is 73.0 Å². The van der Waals surface area contributed by atoms with Gasteiger partial charge in [-0.3, -0.25) is 0 Å². The number of carbonyl (C=O) groups is 6. The Labute approximate surface area is 330 Å². The second-order valence-electron chi connectivity index (χ2n) is 13.3. The van der Waals surface area contributed by atoms with Gasteiger partial charge < -0.3 is 43.7 Å². The molecule has 0 fully saturated rings. The number of ether oxygens (including phenoxy) is 6. The molecule has 3 rings (SSSR count). The van der Waals surface area contributed by atoms with E-state index in [9.17, 15) is 44.1 Å². The van der Waals surface area contributed by atoms with Gasteiger partial charge in [-0.1, -0.05) is 64.1 Å². The van der Waals surface area contributed by atoms with Crippen molar-refractivity contribution < 1.29 is 72.5 Å². The first-order valence-corrected chi connectivity index (χ1v) is 18.6. The lowest BCUT2D eigenvalue weighted by atomic mass is 9.88. The van der Waals surface area contributed by atoms with Crippen molar-refractivity contribution >= 4 is 35.8 Å². The second-order valence-corrected chi connectivity index (χ2v) is 13.3. The molecule has 308 valence electrons. The van der Waals surface area contributed by atoms with E-state index in [2.05, 4.69) is 0 Å². The Morgan fingerprint density at radius 1 is 0.456 bits per heavy atom. The third-order valence-electron chi connectivity index (χ3n) is 9.21. The molecule has 0 amide bonds. The van der Waals surface area contributed by atoms with Crippen LogP contribution in [0.4, 0.5) is 0 Å². The summed E-state index contributed by atoms with van der Waals surface area (Å²) in [4.78, 5) is 73.8. The van der Waals surface area contributed by atoms with Crippen LogP contribution >= 0.6 is 0 Å². The minimum atomic E-state index is -1.27. The highest BCUT2D eigenvalue weighted by atomic mass is 16.6. The summed E-state index contributed by atoms with van der Waals surface area (Å²) in [6, 6.07) is 17.2. The van der Waals surface area contributed by atoms with Gasteiger partial charge in [0.2, 0.25) is 0 Å². The predicted octanol–water partition coefficient (Wildman–Crippen LogP) is 6.43. The summed E-state index contributed by atoms with van der Waals surface area (Å²) in [5, 5.41) is 28.5. The zero-order valence-electron chi connectivity index (χ0n) is 32.5. The zero-order valence-corrected chi connectivity index (χ0v) is 32.5. The van der Waals surface area contributed by atoms with Crippen LogP contribution in [0, 0.1) is 5.41 Å². The number of carboxylic acids is 3. The summed E-state index contributed by atoms with van der Waals surface area (Å²) >= 11 is 0. The topological polar surface area (TPSA) is 218 Å². The van der Waals surface area contributed by atoms with E-state index < -0.39 is 59.5 Å². The lowest BCUT2D eigenvalue weighted by Crippen LogP contribution is -2.40. The molecule has 3 aromatic carbocycles. The largest absolute Gasteiger partial charge is 0.478 e. The van der Waals surface area contributed by atoms with Gasteiger partial charge in [0, 0.05) is 5.41 Å². The van der Waals surface area contributed by atoms with Crippen molar-refractivity contribution in [3.05, 3.63) is 106 Å². The third kappa shape index (κ3) is 13.5. The van der Waals surface area contributed by atoms with E-state index in [1.54, 1.807) is 20.8 Å². The standard InChI is InChI=1S/C42H50O15/c1-5-27(55-39(49)33-18-12-9-15-30(33)36(43)44)21-52-24-42(8-4,25-53-22-28(6-2)56-40(50)34-19-13-10-16-31(34)37(45)46)26-54-23-29(7-3)57-41(51)35-20-14-11-17-32(35)38(47)48/h9-20,27-29H,5-8,21-26H2,1-4H3,(H,43,44)(H,45,46)(H,47,48). The quantitative estimate of drug-likeness (QED) is 0.0621. The number of hydrogen-bond donors (Lipinski definition) is 3. The Morgan fingerprint density at radius 2 is 0.702 bits per heavy atom. The maximum absolute atomic E-state index is 12.9. The van der Waals surface area contributed by atoms with E-state index in [1.807, 2.05) is 6.92 Å². The molecule has 3 aromatic rings. The number of carbonyl (C=O) groups excluding carboxylic acids is 3. The van der Waals surface area contributed by atoms with Gasteiger partial charge in [-0.25, -0.2) is 28.8 Å². The third-order valence-corrected chi connectivity index (χ3v) is 9.21. The molecule has 0 saturated heterocycles. The average Bonchev–Trinajstić information content (AvgIpc) is 3.21. The summed E-state index contributed by atoms with van der Waals surface area (Å²) in [6.45, 7) is 7.21. The van der Waals surface area contributed by atoms with Crippen LogP contribution in [0.3, 0.4) is 0 Å². The molecule has 0 aliphatic rings. The molecule has 15 nitrogen and oxygen atoms in total. The number of benzene rings is 3. The van der Waals surface area contributed by atoms with Crippen LogP contribution in [-0.2, 0) is 28.4 Å². The molecule has 0 aromatic heterocycles. The summed E-state index contributed by atoms with van der Waals surface area (Å²) in [6.07, 6.45) is -0.675. The molecule has 0 radical (unpaired) electrons. The molecule has 0 spiro atoms. The summed E-state index contributed by atoms with van der Waals surface area (Å²) in [5.41, 5.74) is -1.70. The molecular formula is C42H50O15. The number of aromatic carboxylic acids is 3. The van der Waals surface area contributed by atoms with Crippen LogP contribution in [0.5, 0.6) is 0 Å². The maximum atomic E-state index is 12.9. The van der Waals surface area contributed by atoms with Gasteiger partial charge >= 0.3 is 35.8 Å². The molecule has 57 heavy (non-hydrogen) atoms. The molecule has 0 aliphatic heterocycles. The average molecular weight is 795 g/mol. The highest BCUT2D eigenvalue weighted by Crippen LogP contribution is 2.26. The number of rotatable bonds is 25. The smallest absolute Gasteiger partial charge is 0.339 e. The van der Waals surface area contributed by atoms with Crippen molar-refractivity contribution in [3.8, 4) is 0 Å². The SMILES string of the molecule is CCC(COCC(CC)(COCC(CC)OC(=O)c1ccccc1C(=O)O)COCC(CC)OC(=O)c1ccccc1C(=O)O)OC(=O)c1ccccc1C(=O)O. The summed E-state index contributed by atoms with van der Waals surface area (Å²) in [7, 11) is 0. The Bertz CT molecular complexity index is 1630. The van der Waals surface area contributed by atoms with Gasteiger partial charge in [0.15, 0.2) is 0 Å². The lowest BCUT2D eigenvalue weighted by molar-refractivity contribution is -0.103. The van der Waals surface area contributed by atoms with Gasteiger partial charge in [-0.15, -0.1) is 0 Å². The Balaban J connectivity index is 1.72. The molecule has 0 saturated carbocycles. The van der Waals surface area contributed by atoms with Gasteiger partial charge in [-0.2, -0.15) is 0 Å². The van der Waals surface area contributed by atoms with Crippen LogP contribution in [0.25, 0.3) is 0 Å². The summed E-state index contributed by atoms with van der Waals surface area (Å²) in [5.74, 6) is -6.24. The second kappa shape index (κ2) is 22.8. The van der Waals surface area contributed by atoms with Crippen molar-refractivity contribution in [3.63, 3.8) is 0 Å². The van der Waals surface area contributed by atoms with E-state index in [0.717, 1.165) is 0 Å². The van der Waals surface area contributed by atoms with Crippen molar-refractivity contribution in [2.45, 2.75) is 71.7 Å². The highest BCUT2D eigenvalue weighted by molar-refractivity contribution is 6.03. The Kier molecular flexibility index (Phi) is 18.3.